The molecule has 0 aliphatic rings. The number of aromatic hydroxyl groups is 1. The zero-order valence-electron chi connectivity index (χ0n) is 11.3. The molecule has 0 unspecified atom stereocenters. The number of hydrogen-bond acceptors (Lipinski definition) is 5. The number of carbonyl (C=O) groups is 2. The van der Waals surface area contributed by atoms with E-state index in [1.54, 1.807) is 20.8 Å². The molecule has 0 bridgehead atoms. The van der Waals surface area contributed by atoms with Gasteiger partial charge in [-0.2, -0.15) is 0 Å². The Bertz CT molecular complexity index is 460. The molecular weight excluding hydrogens is 248 g/mol. The largest absolute Gasteiger partial charge is 0.506 e. The molecule has 6 nitrogen and oxygen atoms in total. The normalized spacial score (nSPS) is 10.3. The first-order valence-corrected chi connectivity index (χ1v) is 6.06. The SMILES string of the molecule is CCOC(=O)CN(C(=O)c1cncc(O)c1)C(C)C. The van der Waals surface area contributed by atoms with Crippen LogP contribution in [0.5, 0.6) is 5.75 Å². The lowest BCUT2D eigenvalue weighted by Crippen LogP contribution is -2.41. The summed E-state index contributed by atoms with van der Waals surface area (Å²) in [6, 6.07) is 1.15. The third-order valence-corrected chi connectivity index (χ3v) is 2.46. The number of ether oxygens (including phenoxy) is 1. The topological polar surface area (TPSA) is 79.7 Å². The van der Waals surface area contributed by atoms with Crippen LogP contribution in [0.15, 0.2) is 18.5 Å². The Morgan fingerprint density at radius 2 is 2.11 bits per heavy atom. The number of nitrogens with zero attached hydrogens (tertiary/aromatic N) is 2. The highest BCUT2D eigenvalue weighted by molar-refractivity contribution is 5.96. The second-order valence-corrected chi connectivity index (χ2v) is 4.26. The summed E-state index contributed by atoms with van der Waals surface area (Å²) < 4.78 is 4.83. The first-order valence-electron chi connectivity index (χ1n) is 6.06. The number of esters is 1. The van der Waals surface area contributed by atoms with Crippen LogP contribution in [0, 0.1) is 0 Å². The number of amides is 1. The molecule has 1 rings (SSSR count). The van der Waals surface area contributed by atoms with E-state index in [4.69, 9.17) is 4.74 Å². The predicted molar refractivity (Wildman–Crippen MR) is 68.7 cm³/mol. The average molecular weight is 266 g/mol. The zero-order chi connectivity index (χ0) is 14.4. The van der Waals surface area contributed by atoms with Crippen LogP contribution in [-0.2, 0) is 9.53 Å². The molecule has 1 aromatic rings. The monoisotopic (exact) mass is 266 g/mol. The van der Waals surface area contributed by atoms with E-state index < -0.39 is 5.97 Å². The third-order valence-electron chi connectivity index (χ3n) is 2.46. The zero-order valence-corrected chi connectivity index (χ0v) is 11.3. The van der Waals surface area contributed by atoms with Gasteiger partial charge in [0.05, 0.1) is 18.4 Å². The van der Waals surface area contributed by atoms with Crippen molar-refractivity contribution >= 4 is 11.9 Å². The lowest BCUT2D eigenvalue weighted by atomic mass is 10.2. The summed E-state index contributed by atoms with van der Waals surface area (Å²) in [5.74, 6) is -0.921. The first kappa shape index (κ1) is 14.9. The Hall–Kier alpha value is -2.11. The Morgan fingerprint density at radius 1 is 1.42 bits per heavy atom. The maximum Gasteiger partial charge on any atom is 0.325 e. The van der Waals surface area contributed by atoms with E-state index >= 15 is 0 Å². The van der Waals surface area contributed by atoms with E-state index in [0.29, 0.717) is 0 Å². The average Bonchev–Trinajstić information content (AvgIpc) is 2.35. The molecule has 0 saturated heterocycles. The van der Waals surface area contributed by atoms with Gasteiger partial charge in [0.1, 0.15) is 12.3 Å². The maximum absolute atomic E-state index is 12.2. The van der Waals surface area contributed by atoms with Crippen LogP contribution in [0.3, 0.4) is 0 Å². The minimum atomic E-state index is -0.460. The van der Waals surface area contributed by atoms with Crippen LogP contribution in [-0.4, -0.2) is 46.1 Å². The van der Waals surface area contributed by atoms with Crippen molar-refractivity contribution in [3.63, 3.8) is 0 Å². The molecule has 0 fully saturated rings. The van der Waals surface area contributed by atoms with Crippen molar-refractivity contribution in [3.05, 3.63) is 24.0 Å². The molecule has 1 N–H and O–H groups in total. The molecule has 0 aliphatic carbocycles. The van der Waals surface area contributed by atoms with Gasteiger partial charge in [-0.3, -0.25) is 14.6 Å². The Morgan fingerprint density at radius 3 is 2.63 bits per heavy atom. The molecule has 0 aliphatic heterocycles. The van der Waals surface area contributed by atoms with Gasteiger partial charge in [-0.05, 0) is 26.8 Å². The molecule has 104 valence electrons. The number of aromatic nitrogens is 1. The molecule has 6 heteroatoms. The van der Waals surface area contributed by atoms with Crippen molar-refractivity contribution in [2.75, 3.05) is 13.2 Å². The second-order valence-electron chi connectivity index (χ2n) is 4.26. The number of rotatable bonds is 5. The summed E-state index contributed by atoms with van der Waals surface area (Å²) in [5, 5.41) is 9.32. The molecular formula is C13H18N2O4. The van der Waals surface area contributed by atoms with Crippen LogP contribution in [0.4, 0.5) is 0 Å². The van der Waals surface area contributed by atoms with Crippen molar-refractivity contribution < 1.29 is 19.4 Å². The van der Waals surface area contributed by atoms with E-state index in [0.717, 1.165) is 0 Å². The summed E-state index contributed by atoms with van der Waals surface area (Å²) in [6.45, 7) is 5.45. The van der Waals surface area contributed by atoms with Crippen molar-refractivity contribution in [1.82, 2.24) is 9.88 Å². The highest BCUT2D eigenvalue weighted by Gasteiger charge is 2.22. The van der Waals surface area contributed by atoms with Gasteiger partial charge in [-0.25, -0.2) is 0 Å². The summed E-state index contributed by atoms with van der Waals surface area (Å²) in [4.78, 5) is 28.8. The van der Waals surface area contributed by atoms with Gasteiger partial charge in [-0.1, -0.05) is 0 Å². The highest BCUT2D eigenvalue weighted by atomic mass is 16.5. The number of hydrogen-bond donors (Lipinski definition) is 1. The van der Waals surface area contributed by atoms with Gasteiger partial charge < -0.3 is 14.7 Å². The Balaban J connectivity index is 2.87. The molecule has 19 heavy (non-hydrogen) atoms. The van der Waals surface area contributed by atoms with Crippen molar-refractivity contribution in [3.8, 4) is 5.75 Å². The van der Waals surface area contributed by atoms with Crippen LogP contribution < -0.4 is 0 Å². The summed E-state index contributed by atoms with van der Waals surface area (Å²) in [6.07, 6.45) is 2.59. The van der Waals surface area contributed by atoms with Crippen LogP contribution in [0.2, 0.25) is 0 Å². The van der Waals surface area contributed by atoms with Crippen molar-refractivity contribution in [1.29, 1.82) is 0 Å². The lowest BCUT2D eigenvalue weighted by Gasteiger charge is -2.25. The minimum absolute atomic E-state index is 0.0920. The van der Waals surface area contributed by atoms with Crippen LogP contribution >= 0.6 is 0 Å². The molecule has 0 spiro atoms. The van der Waals surface area contributed by atoms with Gasteiger partial charge in [0.2, 0.25) is 0 Å². The minimum Gasteiger partial charge on any atom is -0.506 e. The highest BCUT2D eigenvalue weighted by Crippen LogP contribution is 2.13. The quantitative estimate of drug-likeness (QED) is 0.810. The van der Waals surface area contributed by atoms with E-state index in [1.807, 2.05) is 0 Å². The van der Waals surface area contributed by atoms with Crippen LogP contribution in [0.1, 0.15) is 31.1 Å². The van der Waals surface area contributed by atoms with Gasteiger partial charge in [0, 0.05) is 12.2 Å². The second kappa shape index (κ2) is 6.72. The summed E-state index contributed by atoms with van der Waals surface area (Å²) >= 11 is 0. The molecule has 1 heterocycles. The van der Waals surface area contributed by atoms with E-state index in [9.17, 15) is 14.7 Å². The molecule has 1 amide bonds. The lowest BCUT2D eigenvalue weighted by molar-refractivity contribution is -0.144. The third kappa shape index (κ3) is 4.24. The molecule has 0 atom stereocenters. The molecule has 0 radical (unpaired) electrons. The maximum atomic E-state index is 12.2. The van der Waals surface area contributed by atoms with E-state index in [-0.39, 0.29) is 36.4 Å². The fraction of sp³-hybridized carbons (Fsp3) is 0.462. The Kier molecular flexibility index (Phi) is 5.29. The number of pyridine rings is 1. The van der Waals surface area contributed by atoms with Gasteiger partial charge in [0.15, 0.2) is 0 Å². The fourth-order valence-electron chi connectivity index (χ4n) is 1.55. The standard InChI is InChI=1S/C13H18N2O4/c1-4-19-12(17)8-15(9(2)3)13(18)10-5-11(16)7-14-6-10/h5-7,9,16H,4,8H2,1-3H3. The predicted octanol–water partition coefficient (Wildman–Crippen LogP) is 1.20. The summed E-state index contributed by atoms with van der Waals surface area (Å²) in [5.41, 5.74) is 0.234. The molecule has 1 aromatic heterocycles. The number of carbonyl (C=O) groups excluding carboxylic acids is 2. The van der Waals surface area contributed by atoms with Gasteiger partial charge in [0.25, 0.3) is 5.91 Å². The first-order chi connectivity index (χ1) is 8.95. The Labute approximate surface area is 112 Å². The van der Waals surface area contributed by atoms with Crippen molar-refractivity contribution in [2.45, 2.75) is 26.8 Å². The van der Waals surface area contributed by atoms with E-state index in [2.05, 4.69) is 4.98 Å². The smallest absolute Gasteiger partial charge is 0.325 e. The fourth-order valence-corrected chi connectivity index (χ4v) is 1.55. The summed E-state index contributed by atoms with van der Waals surface area (Å²) in [7, 11) is 0. The van der Waals surface area contributed by atoms with Gasteiger partial charge in [-0.15, -0.1) is 0 Å². The van der Waals surface area contributed by atoms with Crippen molar-refractivity contribution in [2.24, 2.45) is 0 Å². The molecule has 0 saturated carbocycles. The van der Waals surface area contributed by atoms with E-state index in [1.165, 1.54) is 23.4 Å². The molecule has 0 aromatic carbocycles. The van der Waals surface area contributed by atoms with Gasteiger partial charge >= 0.3 is 5.97 Å². The van der Waals surface area contributed by atoms with Crippen LogP contribution in [0.25, 0.3) is 0 Å².